The second-order valence-electron chi connectivity index (χ2n) is 8.42. The third-order valence-electron chi connectivity index (χ3n) is 5.65. The Labute approximate surface area is 202 Å². The molecule has 3 unspecified atom stereocenters. The Morgan fingerprint density at radius 3 is 2.44 bits per heavy atom. The van der Waals surface area contributed by atoms with Crippen molar-refractivity contribution in [2.75, 3.05) is 0 Å². The average molecular weight is 472 g/mol. The molecule has 1 aliphatic carbocycles. The summed E-state index contributed by atoms with van der Waals surface area (Å²) in [6.07, 6.45) is 10.6. The summed E-state index contributed by atoms with van der Waals surface area (Å²) in [5.74, 6) is -0.509. The van der Waals surface area contributed by atoms with Gasteiger partial charge < -0.3 is 19.5 Å². The number of carbonyl (C=O) groups excluding carboxylic acids is 3. The molecule has 0 radical (unpaired) electrons. The van der Waals surface area contributed by atoms with Gasteiger partial charge in [0.25, 0.3) is 0 Å². The SMILES string of the molecule is CCCC(CC)OC(=O)OC(C)OC(=O)CCC(Cc1ccc(C2=CCCC=C2)cc1)NC=O. The summed E-state index contributed by atoms with van der Waals surface area (Å²) in [6, 6.07) is 8.01. The lowest BCUT2D eigenvalue weighted by Crippen LogP contribution is -2.31. The first-order chi connectivity index (χ1) is 16.4. The van der Waals surface area contributed by atoms with Gasteiger partial charge in [-0.15, -0.1) is 0 Å². The van der Waals surface area contributed by atoms with E-state index in [1.165, 1.54) is 12.5 Å². The number of hydrogen-bond donors (Lipinski definition) is 1. The van der Waals surface area contributed by atoms with E-state index < -0.39 is 18.4 Å². The van der Waals surface area contributed by atoms with Gasteiger partial charge in [-0.05, 0) is 55.2 Å². The Morgan fingerprint density at radius 1 is 1.06 bits per heavy atom. The van der Waals surface area contributed by atoms with Crippen molar-refractivity contribution < 1.29 is 28.6 Å². The lowest BCUT2D eigenvalue weighted by atomic mass is 9.96. The van der Waals surface area contributed by atoms with Crippen LogP contribution in [0.2, 0.25) is 0 Å². The zero-order chi connectivity index (χ0) is 24.8. The van der Waals surface area contributed by atoms with Crippen LogP contribution in [-0.2, 0) is 30.2 Å². The first kappa shape index (κ1) is 27.2. The van der Waals surface area contributed by atoms with Crippen LogP contribution in [0, 0.1) is 0 Å². The van der Waals surface area contributed by atoms with Crippen molar-refractivity contribution in [3.63, 3.8) is 0 Å². The number of benzene rings is 1. The molecule has 1 aliphatic rings. The van der Waals surface area contributed by atoms with Crippen LogP contribution >= 0.6 is 0 Å². The third kappa shape index (κ3) is 9.81. The highest BCUT2D eigenvalue weighted by Gasteiger charge is 2.19. The van der Waals surface area contributed by atoms with Gasteiger partial charge in [0.05, 0.1) is 0 Å². The molecule has 2 rings (SSSR count). The molecular weight excluding hydrogens is 434 g/mol. The fraction of sp³-hybridized carbons (Fsp3) is 0.519. The van der Waals surface area contributed by atoms with Crippen LogP contribution in [0.1, 0.15) is 76.8 Å². The number of nitrogens with one attached hydrogen (secondary N) is 1. The first-order valence-corrected chi connectivity index (χ1v) is 12.2. The minimum absolute atomic E-state index is 0.0808. The molecule has 0 aromatic heterocycles. The van der Waals surface area contributed by atoms with Gasteiger partial charge in [-0.3, -0.25) is 9.59 Å². The van der Waals surface area contributed by atoms with Crippen molar-refractivity contribution in [2.45, 2.75) is 90.6 Å². The second-order valence-corrected chi connectivity index (χ2v) is 8.42. The smallest absolute Gasteiger partial charge is 0.431 e. The maximum atomic E-state index is 12.2. The maximum Gasteiger partial charge on any atom is 0.511 e. The lowest BCUT2D eigenvalue weighted by molar-refractivity contribution is -0.169. The van der Waals surface area contributed by atoms with Gasteiger partial charge in [-0.1, -0.05) is 62.8 Å². The van der Waals surface area contributed by atoms with Crippen molar-refractivity contribution >= 4 is 24.1 Å². The van der Waals surface area contributed by atoms with E-state index in [1.807, 2.05) is 26.0 Å². The van der Waals surface area contributed by atoms with Crippen molar-refractivity contribution in [2.24, 2.45) is 0 Å². The van der Waals surface area contributed by atoms with Crippen LogP contribution in [0.3, 0.4) is 0 Å². The number of carbonyl (C=O) groups is 3. The first-order valence-electron chi connectivity index (χ1n) is 12.2. The van der Waals surface area contributed by atoms with E-state index in [0.29, 0.717) is 25.7 Å². The van der Waals surface area contributed by atoms with E-state index in [4.69, 9.17) is 14.2 Å². The molecule has 0 fully saturated rings. The van der Waals surface area contributed by atoms with Crippen LogP contribution < -0.4 is 5.32 Å². The molecule has 186 valence electrons. The van der Waals surface area contributed by atoms with Gasteiger partial charge in [0.1, 0.15) is 6.10 Å². The van der Waals surface area contributed by atoms with Gasteiger partial charge in [0.15, 0.2) is 0 Å². The number of hydrogen-bond acceptors (Lipinski definition) is 6. The summed E-state index contributed by atoms with van der Waals surface area (Å²) in [5, 5.41) is 2.77. The molecule has 0 saturated heterocycles. The molecular formula is C27H37NO6. The number of esters is 1. The normalized spacial score (nSPS) is 15.4. The average Bonchev–Trinajstić information content (AvgIpc) is 2.83. The molecule has 1 aromatic rings. The molecule has 0 bridgehead atoms. The van der Waals surface area contributed by atoms with Crippen molar-refractivity contribution in [1.82, 2.24) is 5.32 Å². The Morgan fingerprint density at radius 2 is 1.82 bits per heavy atom. The minimum Gasteiger partial charge on any atom is -0.431 e. The number of rotatable bonds is 14. The molecule has 1 amide bonds. The summed E-state index contributed by atoms with van der Waals surface area (Å²) >= 11 is 0. The third-order valence-corrected chi connectivity index (χ3v) is 5.65. The van der Waals surface area contributed by atoms with Gasteiger partial charge in [-0.2, -0.15) is 0 Å². The fourth-order valence-corrected chi connectivity index (χ4v) is 3.81. The quantitative estimate of drug-likeness (QED) is 0.220. The Bertz CT molecular complexity index is 845. The monoisotopic (exact) mass is 471 g/mol. The van der Waals surface area contributed by atoms with Crippen LogP contribution in [-0.4, -0.2) is 37.0 Å². The fourth-order valence-electron chi connectivity index (χ4n) is 3.81. The number of allylic oxidation sites excluding steroid dienone is 4. The summed E-state index contributed by atoms with van der Waals surface area (Å²) in [7, 11) is 0. The molecule has 3 atom stereocenters. The molecule has 0 aliphatic heterocycles. The van der Waals surface area contributed by atoms with Gasteiger partial charge in [-0.25, -0.2) is 4.79 Å². The van der Waals surface area contributed by atoms with Gasteiger partial charge in [0.2, 0.25) is 12.7 Å². The van der Waals surface area contributed by atoms with E-state index in [9.17, 15) is 14.4 Å². The maximum absolute atomic E-state index is 12.2. The van der Waals surface area contributed by atoms with Crippen LogP contribution in [0.5, 0.6) is 0 Å². The zero-order valence-corrected chi connectivity index (χ0v) is 20.5. The van der Waals surface area contributed by atoms with E-state index in [1.54, 1.807) is 0 Å². The largest absolute Gasteiger partial charge is 0.511 e. The summed E-state index contributed by atoms with van der Waals surface area (Å²) in [4.78, 5) is 35.1. The lowest BCUT2D eigenvalue weighted by Gasteiger charge is -2.19. The van der Waals surface area contributed by atoms with Crippen LogP contribution in [0.25, 0.3) is 5.57 Å². The molecule has 0 heterocycles. The number of ether oxygens (including phenoxy) is 3. The summed E-state index contributed by atoms with van der Waals surface area (Å²) in [5.41, 5.74) is 3.45. The molecule has 0 spiro atoms. The molecule has 1 N–H and O–H groups in total. The van der Waals surface area contributed by atoms with E-state index >= 15 is 0 Å². The molecule has 34 heavy (non-hydrogen) atoms. The predicted octanol–water partition coefficient (Wildman–Crippen LogP) is 5.48. The molecule has 0 saturated carbocycles. The van der Waals surface area contributed by atoms with Gasteiger partial charge in [0, 0.05) is 19.4 Å². The summed E-state index contributed by atoms with van der Waals surface area (Å²) in [6.45, 7) is 5.41. The van der Waals surface area contributed by atoms with Crippen molar-refractivity contribution in [1.29, 1.82) is 0 Å². The van der Waals surface area contributed by atoms with Crippen LogP contribution in [0.4, 0.5) is 4.79 Å². The summed E-state index contributed by atoms with van der Waals surface area (Å²) < 4.78 is 15.4. The standard InChI is InChI=1S/C27H37NO6/c1-4-9-25(5-2)34-27(31)33-20(3)32-26(30)17-16-24(28-19-29)18-21-12-14-23(15-13-21)22-10-7-6-8-11-22/h7,10-15,19-20,24-25H,4-6,8-9,16-18H2,1-3H3,(H,28,29). The van der Waals surface area contributed by atoms with Crippen LogP contribution in [0.15, 0.2) is 42.5 Å². The highest BCUT2D eigenvalue weighted by molar-refractivity contribution is 5.74. The number of amides is 1. The highest BCUT2D eigenvalue weighted by atomic mass is 16.8. The molecule has 7 nitrogen and oxygen atoms in total. The topological polar surface area (TPSA) is 90.9 Å². The zero-order valence-electron chi connectivity index (χ0n) is 20.5. The van der Waals surface area contributed by atoms with Crippen molar-refractivity contribution in [3.05, 3.63) is 53.6 Å². The van der Waals surface area contributed by atoms with Gasteiger partial charge >= 0.3 is 12.1 Å². The minimum atomic E-state index is -1.05. The second kappa shape index (κ2) is 14.9. The highest BCUT2D eigenvalue weighted by Crippen LogP contribution is 2.22. The predicted molar refractivity (Wildman–Crippen MR) is 131 cm³/mol. The van der Waals surface area contributed by atoms with E-state index in [-0.39, 0.29) is 18.6 Å². The van der Waals surface area contributed by atoms with E-state index in [2.05, 4.69) is 35.7 Å². The molecule has 7 heteroatoms. The van der Waals surface area contributed by atoms with E-state index in [0.717, 1.165) is 36.8 Å². The Balaban J connectivity index is 1.79. The Hall–Kier alpha value is -3.09. The Kier molecular flexibility index (Phi) is 11.9. The molecule has 1 aromatic carbocycles. The van der Waals surface area contributed by atoms with Crippen molar-refractivity contribution in [3.8, 4) is 0 Å².